The number of thiophene rings is 1. The van der Waals surface area contributed by atoms with Gasteiger partial charge in [0.05, 0.1) is 0 Å². The van der Waals surface area contributed by atoms with Crippen molar-refractivity contribution in [2.45, 2.75) is 13.3 Å². The maximum Gasteiger partial charge on any atom is 0.254 e. The molecule has 0 bridgehead atoms. The van der Waals surface area contributed by atoms with Crippen molar-refractivity contribution < 1.29 is 5.11 Å². The Morgan fingerprint density at radius 1 is 1.56 bits per heavy atom. The highest BCUT2D eigenvalue weighted by Crippen LogP contribution is 2.17. The van der Waals surface area contributed by atoms with Crippen LogP contribution in [0.15, 0.2) is 21.6 Å². The monoisotopic (exact) mass is 236 g/mol. The molecule has 2 aromatic heterocycles. The molecule has 0 aliphatic carbocycles. The van der Waals surface area contributed by atoms with Crippen molar-refractivity contribution in [2.24, 2.45) is 0 Å². The van der Waals surface area contributed by atoms with E-state index in [4.69, 9.17) is 5.11 Å². The number of hydrogen-bond acceptors (Lipinski definition) is 4. The van der Waals surface area contributed by atoms with Crippen LogP contribution in [0.1, 0.15) is 11.3 Å². The molecule has 0 fully saturated rings. The Balaban J connectivity index is 2.49. The number of hydrogen-bond donors (Lipinski definition) is 2. The van der Waals surface area contributed by atoms with Gasteiger partial charge in [-0.2, -0.15) is 11.3 Å². The third-order valence-corrected chi connectivity index (χ3v) is 3.06. The number of aromatic amines is 1. The number of aliphatic hydroxyl groups is 1. The second-order valence-corrected chi connectivity index (χ2v) is 4.24. The standard InChI is InChI=1S/C11H12N2O2S/c1-7-9(2-4-14)11(15)13-10(12-7)8-3-5-16-6-8/h3,5-6,14H,2,4H2,1H3,(H,12,13,15). The van der Waals surface area contributed by atoms with E-state index in [0.29, 0.717) is 23.5 Å². The molecule has 0 aromatic carbocycles. The lowest BCUT2D eigenvalue weighted by molar-refractivity contribution is 0.298. The van der Waals surface area contributed by atoms with Gasteiger partial charge in [0.2, 0.25) is 0 Å². The van der Waals surface area contributed by atoms with Gasteiger partial charge in [0.1, 0.15) is 5.82 Å². The molecule has 2 N–H and O–H groups in total. The number of aromatic nitrogens is 2. The second-order valence-electron chi connectivity index (χ2n) is 3.46. The lowest BCUT2D eigenvalue weighted by Gasteiger charge is -2.04. The zero-order valence-corrected chi connectivity index (χ0v) is 9.67. The molecule has 0 aliphatic heterocycles. The van der Waals surface area contributed by atoms with Crippen molar-refractivity contribution >= 4 is 11.3 Å². The molecule has 0 saturated carbocycles. The summed E-state index contributed by atoms with van der Waals surface area (Å²) in [6.45, 7) is 1.75. The van der Waals surface area contributed by atoms with Gasteiger partial charge >= 0.3 is 0 Å². The van der Waals surface area contributed by atoms with E-state index in [0.717, 1.165) is 5.56 Å². The van der Waals surface area contributed by atoms with Gasteiger partial charge < -0.3 is 10.1 Å². The number of rotatable bonds is 3. The predicted molar refractivity (Wildman–Crippen MR) is 63.7 cm³/mol. The van der Waals surface area contributed by atoms with Gasteiger partial charge in [-0.1, -0.05) is 0 Å². The fourth-order valence-corrected chi connectivity index (χ4v) is 2.19. The molecule has 4 nitrogen and oxygen atoms in total. The highest BCUT2D eigenvalue weighted by Gasteiger charge is 2.08. The normalized spacial score (nSPS) is 10.6. The minimum Gasteiger partial charge on any atom is -0.396 e. The van der Waals surface area contributed by atoms with E-state index in [-0.39, 0.29) is 12.2 Å². The molecule has 0 atom stereocenters. The van der Waals surface area contributed by atoms with E-state index >= 15 is 0 Å². The molecule has 0 unspecified atom stereocenters. The van der Waals surface area contributed by atoms with Gasteiger partial charge in [0, 0.05) is 35.2 Å². The molecule has 2 rings (SSSR count). The molecule has 0 amide bonds. The van der Waals surface area contributed by atoms with Crippen molar-refractivity contribution in [3.8, 4) is 11.4 Å². The first kappa shape index (κ1) is 11.0. The third-order valence-electron chi connectivity index (χ3n) is 2.38. The van der Waals surface area contributed by atoms with Crippen LogP contribution >= 0.6 is 11.3 Å². The van der Waals surface area contributed by atoms with Crippen molar-refractivity contribution in [2.75, 3.05) is 6.61 Å². The van der Waals surface area contributed by atoms with Crippen LogP contribution in [0.2, 0.25) is 0 Å². The third kappa shape index (κ3) is 2.05. The van der Waals surface area contributed by atoms with Crippen LogP contribution in [-0.4, -0.2) is 21.7 Å². The van der Waals surface area contributed by atoms with E-state index < -0.39 is 0 Å². The Bertz CT molecular complexity index is 531. The summed E-state index contributed by atoms with van der Waals surface area (Å²) in [5.74, 6) is 0.588. The van der Waals surface area contributed by atoms with Gasteiger partial charge in [0.25, 0.3) is 5.56 Å². The number of H-pyrrole nitrogens is 1. The fraction of sp³-hybridized carbons (Fsp3) is 0.273. The fourth-order valence-electron chi connectivity index (χ4n) is 1.55. The highest BCUT2D eigenvalue weighted by molar-refractivity contribution is 7.08. The van der Waals surface area contributed by atoms with E-state index in [2.05, 4.69) is 9.97 Å². The van der Waals surface area contributed by atoms with Crippen LogP contribution in [0.25, 0.3) is 11.4 Å². The maximum absolute atomic E-state index is 11.7. The Morgan fingerprint density at radius 2 is 2.38 bits per heavy atom. The lowest BCUT2D eigenvalue weighted by Crippen LogP contribution is -2.18. The minimum atomic E-state index is -0.164. The van der Waals surface area contributed by atoms with E-state index in [9.17, 15) is 4.79 Å². The predicted octanol–water partition coefficient (Wildman–Crippen LogP) is 1.34. The van der Waals surface area contributed by atoms with E-state index in [1.165, 1.54) is 0 Å². The molecule has 16 heavy (non-hydrogen) atoms. The van der Waals surface area contributed by atoms with Gasteiger partial charge in [0.15, 0.2) is 0 Å². The minimum absolute atomic E-state index is 0.0383. The summed E-state index contributed by atoms with van der Waals surface area (Å²) < 4.78 is 0. The zero-order chi connectivity index (χ0) is 11.5. The van der Waals surface area contributed by atoms with Crippen molar-refractivity contribution in [3.63, 3.8) is 0 Å². The molecule has 84 valence electrons. The average Bonchev–Trinajstić information content (AvgIpc) is 2.76. The smallest absolute Gasteiger partial charge is 0.254 e. The van der Waals surface area contributed by atoms with Crippen LogP contribution in [0.4, 0.5) is 0 Å². The lowest BCUT2D eigenvalue weighted by atomic mass is 10.1. The first-order valence-corrected chi connectivity index (χ1v) is 5.90. The summed E-state index contributed by atoms with van der Waals surface area (Å²) in [5.41, 5.74) is 1.99. The van der Waals surface area contributed by atoms with Crippen LogP contribution in [0.5, 0.6) is 0 Å². The first-order valence-electron chi connectivity index (χ1n) is 4.95. The van der Waals surface area contributed by atoms with Crippen LogP contribution < -0.4 is 5.56 Å². The number of nitrogens with zero attached hydrogens (tertiary/aromatic N) is 1. The summed E-state index contributed by atoms with van der Waals surface area (Å²) in [6.07, 6.45) is 0.345. The van der Waals surface area contributed by atoms with Crippen molar-refractivity contribution in [1.29, 1.82) is 0 Å². The molecule has 0 saturated heterocycles. The Hall–Kier alpha value is -1.46. The Kier molecular flexibility index (Phi) is 3.17. The number of nitrogens with one attached hydrogen (secondary N) is 1. The summed E-state index contributed by atoms with van der Waals surface area (Å²) in [4.78, 5) is 18.8. The molecule has 0 radical (unpaired) electrons. The first-order chi connectivity index (χ1) is 7.72. The summed E-state index contributed by atoms with van der Waals surface area (Å²) in [5, 5.41) is 12.7. The molecular formula is C11H12N2O2S. The molecule has 2 heterocycles. The largest absolute Gasteiger partial charge is 0.396 e. The molecule has 0 aliphatic rings. The molecule has 5 heteroatoms. The topological polar surface area (TPSA) is 66.0 Å². The quantitative estimate of drug-likeness (QED) is 0.845. The summed E-state index contributed by atoms with van der Waals surface area (Å²) >= 11 is 1.56. The van der Waals surface area contributed by atoms with Gasteiger partial charge in [-0.15, -0.1) is 0 Å². The average molecular weight is 236 g/mol. The van der Waals surface area contributed by atoms with E-state index in [1.54, 1.807) is 18.3 Å². The zero-order valence-electron chi connectivity index (χ0n) is 8.86. The SMILES string of the molecule is Cc1nc(-c2ccsc2)[nH]c(=O)c1CCO. The van der Waals surface area contributed by atoms with Crippen molar-refractivity contribution in [3.05, 3.63) is 38.4 Å². The van der Waals surface area contributed by atoms with Crippen LogP contribution in [0, 0.1) is 6.92 Å². The second kappa shape index (κ2) is 4.59. The van der Waals surface area contributed by atoms with Gasteiger partial charge in [-0.25, -0.2) is 4.98 Å². The Morgan fingerprint density at radius 3 is 2.94 bits per heavy atom. The Labute approximate surface area is 96.6 Å². The molecule has 2 aromatic rings. The number of aryl methyl sites for hydroxylation is 1. The van der Waals surface area contributed by atoms with E-state index in [1.807, 2.05) is 16.8 Å². The number of aliphatic hydroxyl groups excluding tert-OH is 1. The summed E-state index contributed by atoms with van der Waals surface area (Å²) in [6, 6.07) is 1.91. The van der Waals surface area contributed by atoms with Crippen molar-refractivity contribution in [1.82, 2.24) is 9.97 Å². The van der Waals surface area contributed by atoms with Gasteiger partial charge in [-0.3, -0.25) is 4.79 Å². The van der Waals surface area contributed by atoms with Gasteiger partial charge in [-0.05, 0) is 18.4 Å². The van der Waals surface area contributed by atoms with Crippen LogP contribution in [-0.2, 0) is 6.42 Å². The molecule has 0 spiro atoms. The highest BCUT2D eigenvalue weighted by atomic mass is 32.1. The molecular weight excluding hydrogens is 224 g/mol. The summed E-state index contributed by atoms with van der Waals surface area (Å²) in [7, 11) is 0. The van der Waals surface area contributed by atoms with Crippen LogP contribution in [0.3, 0.4) is 0 Å². The maximum atomic E-state index is 11.7.